The van der Waals surface area contributed by atoms with Crippen molar-refractivity contribution in [2.45, 2.75) is 11.8 Å². The molecule has 0 bridgehead atoms. The van der Waals surface area contributed by atoms with E-state index in [-0.39, 0.29) is 10.6 Å². The summed E-state index contributed by atoms with van der Waals surface area (Å²) < 4.78 is 26.7. The molecule has 0 aliphatic heterocycles. The molecule has 0 aromatic heterocycles. The number of hydrazone groups is 1. The summed E-state index contributed by atoms with van der Waals surface area (Å²) in [6.45, 7) is 1.89. The van der Waals surface area contributed by atoms with Gasteiger partial charge in [-0.25, -0.2) is 13.8 Å². The van der Waals surface area contributed by atoms with E-state index in [2.05, 4.69) is 10.5 Å². The Morgan fingerprint density at radius 3 is 2.27 bits per heavy atom. The van der Waals surface area contributed by atoms with Crippen LogP contribution < -0.4 is 9.73 Å². The molecular formula is C22H21N3O4S. The van der Waals surface area contributed by atoms with E-state index in [1.807, 2.05) is 6.92 Å². The number of phenolic OH excluding ortho intramolecular Hbond substituents is 1. The Morgan fingerprint density at radius 2 is 1.63 bits per heavy atom. The Morgan fingerprint density at radius 1 is 1.00 bits per heavy atom. The SMILES string of the molecule is Cc1ccc(S(=O)(=O)N(C)c2ccc(C(=O)N/N=C\c3ccccc3O)cc2)cc1. The average Bonchev–Trinajstić information content (AvgIpc) is 2.75. The number of para-hydroxylation sites is 1. The van der Waals surface area contributed by atoms with Gasteiger partial charge in [0.05, 0.1) is 16.8 Å². The Balaban J connectivity index is 1.70. The number of nitrogens with one attached hydrogen (secondary N) is 1. The molecule has 7 nitrogen and oxygen atoms in total. The third-order valence-corrected chi connectivity index (χ3v) is 6.28. The fourth-order valence-corrected chi connectivity index (χ4v) is 3.85. The van der Waals surface area contributed by atoms with Crippen molar-refractivity contribution in [1.82, 2.24) is 5.43 Å². The first kappa shape index (κ1) is 21.1. The van der Waals surface area contributed by atoms with Gasteiger partial charge in [-0.2, -0.15) is 5.10 Å². The lowest BCUT2D eigenvalue weighted by atomic mass is 10.2. The van der Waals surface area contributed by atoms with Crippen LogP contribution in [-0.4, -0.2) is 32.7 Å². The first-order valence-electron chi connectivity index (χ1n) is 9.06. The number of nitrogens with zero attached hydrogens (tertiary/aromatic N) is 2. The van der Waals surface area contributed by atoms with Crippen LogP contribution >= 0.6 is 0 Å². The summed E-state index contributed by atoms with van der Waals surface area (Å²) in [6.07, 6.45) is 1.34. The number of hydrogen-bond acceptors (Lipinski definition) is 5. The van der Waals surface area contributed by atoms with Gasteiger partial charge in [0.1, 0.15) is 5.75 Å². The van der Waals surface area contributed by atoms with Crippen molar-refractivity contribution in [1.29, 1.82) is 0 Å². The molecule has 1 amide bonds. The van der Waals surface area contributed by atoms with Crippen molar-refractivity contribution < 1.29 is 18.3 Å². The quantitative estimate of drug-likeness (QED) is 0.469. The van der Waals surface area contributed by atoms with Gasteiger partial charge >= 0.3 is 0 Å². The maximum Gasteiger partial charge on any atom is 0.271 e. The van der Waals surface area contributed by atoms with E-state index in [1.165, 1.54) is 31.5 Å². The number of carbonyl (C=O) groups is 1. The van der Waals surface area contributed by atoms with Gasteiger partial charge in [0.15, 0.2) is 0 Å². The lowest BCUT2D eigenvalue weighted by Gasteiger charge is -2.19. The molecule has 30 heavy (non-hydrogen) atoms. The second-order valence-corrected chi connectivity index (χ2v) is 8.56. The molecule has 0 unspecified atom stereocenters. The monoisotopic (exact) mass is 423 g/mol. The third-order valence-electron chi connectivity index (χ3n) is 4.48. The van der Waals surface area contributed by atoms with E-state index < -0.39 is 15.9 Å². The predicted octanol–water partition coefficient (Wildman–Crippen LogP) is 3.29. The molecule has 0 heterocycles. The second-order valence-electron chi connectivity index (χ2n) is 6.59. The van der Waals surface area contributed by atoms with E-state index in [0.29, 0.717) is 16.8 Å². The molecule has 0 aliphatic rings. The van der Waals surface area contributed by atoms with Crippen LogP contribution in [0.3, 0.4) is 0 Å². The Hall–Kier alpha value is -3.65. The van der Waals surface area contributed by atoms with Crippen LogP contribution in [0.15, 0.2) is 82.8 Å². The summed E-state index contributed by atoms with van der Waals surface area (Å²) in [4.78, 5) is 12.4. The van der Waals surface area contributed by atoms with Crippen molar-refractivity contribution in [3.05, 3.63) is 89.5 Å². The number of carbonyl (C=O) groups excluding carboxylic acids is 1. The van der Waals surface area contributed by atoms with Crippen molar-refractivity contribution in [2.75, 3.05) is 11.4 Å². The highest BCUT2D eigenvalue weighted by atomic mass is 32.2. The zero-order chi connectivity index (χ0) is 21.7. The van der Waals surface area contributed by atoms with Crippen LogP contribution in [-0.2, 0) is 10.0 Å². The number of phenols is 1. The first-order valence-corrected chi connectivity index (χ1v) is 10.5. The Labute approximate surface area is 175 Å². The predicted molar refractivity (Wildman–Crippen MR) is 116 cm³/mol. The highest BCUT2D eigenvalue weighted by Gasteiger charge is 2.21. The van der Waals surface area contributed by atoms with Gasteiger partial charge in [0.2, 0.25) is 0 Å². The molecule has 3 aromatic carbocycles. The molecule has 0 saturated heterocycles. The fourth-order valence-electron chi connectivity index (χ4n) is 2.65. The van der Waals surface area contributed by atoms with Crippen LogP contribution in [0.5, 0.6) is 5.75 Å². The first-order chi connectivity index (χ1) is 14.3. The average molecular weight is 423 g/mol. The number of anilines is 1. The van der Waals surface area contributed by atoms with Gasteiger partial charge in [-0.15, -0.1) is 0 Å². The number of aryl methyl sites for hydroxylation is 1. The topological polar surface area (TPSA) is 99.1 Å². The summed E-state index contributed by atoms with van der Waals surface area (Å²) in [5.74, 6) is -0.407. The van der Waals surface area contributed by atoms with Crippen LogP contribution in [0.4, 0.5) is 5.69 Å². The minimum absolute atomic E-state index is 0.0534. The van der Waals surface area contributed by atoms with Gasteiger partial charge < -0.3 is 5.11 Å². The van der Waals surface area contributed by atoms with E-state index in [1.54, 1.807) is 54.6 Å². The lowest BCUT2D eigenvalue weighted by molar-refractivity contribution is 0.0955. The molecule has 0 saturated carbocycles. The summed E-state index contributed by atoms with van der Waals surface area (Å²) in [6, 6.07) is 19.3. The maximum absolute atomic E-state index is 12.8. The highest BCUT2D eigenvalue weighted by Crippen LogP contribution is 2.22. The minimum Gasteiger partial charge on any atom is -0.507 e. The fraction of sp³-hybridized carbons (Fsp3) is 0.0909. The summed E-state index contributed by atoms with van der Waals surface area (Å²) >= 11 is 0. The van der Waals surface area contributed by atoms with Crippen molar-refractivity contribution in [2.24, 2.45) is 5.10 Å². The zero-order valence-electron chi connectivity index (χ0n) is 16.5. The van der Waals surface area contributed by atoms with Crippen LogP contribution in [0.2, 0.25) is 0 Å². The Bertz CT molecular complexity index is 1170. The van der Waals surface area contributed by atoms with Gasteiger partial charge in [-0.1, -0.05) is 29.8 Å². The molecular weight excluding hydrogens is 402 g/mol. The van der Waals surface area contributed by atoms with Gasteiger partial charge in [-0.3, -0.25) is 9.10 Å². The molecule has 0 aliphatic carbocycles. The highest BCUT2D eigenvalue weighted by molar-refractivity contribution is 7.92. The van der Waals surface area contributed by atoms with Gasteiger partial charge in [0.25, 0.3) is 15.9 Å². The molecule has 3 aromatic rings. The van der Waals surface area contributed by atoms with Crippen molar-refractivity contribution in [3.8, 4) is 5.75 Å². The number of benzene rings is 3. The number of rotatable bonds is 6. The van der Waals surface area contributed by atoms with E-state index in [4.69, 9.17) is 0 Å². The molecule has 8 heteroatoms. The third kappa shape index (κ3) is 4.66. The molecule has 2 N–H and O–H groups in total. The molecule has 0 fully saturated rings. The number of hydrogen-bond donors (Lipinski definition) is 2. The molecule has 0 atom stereocenters. The smallest absolute Gasteiger partial charge is 0.271 e. The largest absolute Gasteiger partial charge is 0.507 e. The Kier molecular flexibility index (Phi) is 6.17. The zero-order valence-corrected chi connectivity index (χ0v) is 17.3. The van der Waals surface area contributed by atoms with Crippen LogP contribution in [0.25, 0.3) is 0 Å². The molecule has 0 radical (unpaired) electrons. The van der Waals surface area contributed by atoms with E-state index in [9.17, 15) is 18.3 Å². The van der Waals surface area contributed by atoms with E-state index >= 15 is 0 Å². The standard InChI is InChI=1S/C22H21N3O4S/c1-16-7-13-20(14-8-16)30(28,29)25(2)19-11-9-17(10-12-19)22(27)24-23-15-18-5-3-4-6-21(18)26/h3-15,26H,1-2H3,(H,24,27)/b23-15-. The second kappa shape index (κ2) is 8.79. The van der Waals surface area contributed by atoms with Crippen molar-refractivity contribution >= 4 is 27.8 Å². The summed E-state index contributed by atoms with van der Waals surface area (Å²) in [5.41, 5.74) is 4.55. The van der Waals surface area contributed by atoms with Crippen LogP contribution in [0, 0.1) is 6.92 Å². The minimum atomic E-state index is -3.71. The number of aromatic hydroxyl groups is 1. The molecule has 3 rings (SSSR count). The summed E-state index contributed by atoms with van der Waals surface area (Å²) in [5, 5.41) is 13.5. The van der Waals surface area contributed by atoms with Crippen molar-refractivity contribution in [3.63, 3.8) is 0 Å². The normalized spacial score (nSPS) is 11.4. The maximum atomic E-state index is 12.8. The van der Waals surface area contributed by atoms with Gasteiger partial charge in [-0.05, 0) is 55.5 Å². The van der Waals surface area contributed by atoms with Crippen LogP contribution in [0.1, 0.15) is 21.5 Å². The van der Waals surface area contributed by atoms with E-state index in [0.717, 1.165) is 9.87 Å². The lowest BCUT2D eigenvalue weighted by Crippen LogP contribution is -2.26. The van der Waals surface area contributed by atoms with Gasteiger partial charge in [0, 0.05) is 18.2 Å². The number of amides is 1. The summed E-state index contributed by atoms with van der Waals surface area (Å²) in [7, 11) is -2.25. The molecule has 154 valence electrons. The number of sulfonamides is 1. The molecule has 0 spiro atoms.